The predicted octanol–water partition coefficient (Wildman–Crippen LogP) is 7.21. The Morgan fingerprint density at radius 1 is 0.654 bits per heavy atom. The van der Waals surface area contributed by atoms with Gasteiger partial charge in [0.25, 0.3) is 0 Å². The van der Waals surface area contributed by atoms with E-state index in [1.54, 1.807) is 6.26 Å². The van der Waals surface area contributed by atoms with Crippen LogP contribution in [0.5, 0.6) is 0 Å². The molecule has 0 radical (unpaired) electrons. The van der Waals surface area contributed by atoms with Crippen molar-refractivity contribution < 1.29 is 8.83 Å². The van der Waals surface area contributed by atoms with Gasteiger partial charge in [0.15, 0.2) is 0 Å². The van der Waals surface area contributed by atoms with Crippen LogP contribution in [-0.2, 0) is 10.8 Å². The summed E-state index contributed by atoms with van der Waals surface area (Å²) < 4.78 is 11.4. The van der Waals surface area contributed by atoms with E-state index in [1.807, 2.05) is 24.5 Å². The second-order valence-corrected chi connectivity index (χ2v) is 8.55. The van der Waals surface area contributed by atoms with Crippen molar-refractivity contribution in [3.05, 3.63) is 72.2 Å². The molecule has 0 saturated carbocycles. The van der Waals surface area contributed by atoms with Crippen LogP contribution in [-0.4, -0.2) is 0 Å². The quantitative estimate of drug-likeness (QED) is 0.381. The van der Waals surface area contributed by atoms with E-state index >= 15 is 0 Å². The summed E-state index contributed by atoms with van der Waals surface area (Å²) in [4.78, 5) is 0. The Morgan fingerprint density at radius 3 is 2.08 bits per heavy atom. The lowest BCUT2D eigenvalue weighted by Gasteiger charge is -2.32. The van der Waals surface area contributed by atoms with Crippen LogP contribution in [0.2, 0.25) is 0 Å². The van der Waals surface area contributed by atoms with Crippen molar-refractivity contribution in [3.8, 4) is 0 Å². The summed E-state index contributed by atoms with van der Waals surface area (Å²) in [7, 11) is 0. The maximum Gasteiger partial charge on any atom is 0.134 e. The fourth-order valence-corrected chi connectivity index (χ4v) is 3.98. The molecule has 134 valence electrons. The fraction of sp³-hybridized carbons (Fsp3) is 0.333. The lowest BCUT2D eigenvalue weighted by Crippen LogP contribution is -2.24. The summed E-state index contributed by atoms with van der Waals surface area (Å²) in [6.07, 6.45) is 5.89. The van der Waals surface area contributed by atoms with E-state index in [1.165, 1.54) is 21.9 Å². The van der Waals surface area contributed by atoms with Gasteiger partial charge in [-0.25, -0.2) is 0 Å². The number of furan rings is 2. The monoisotopic (exact) mass is 346 g/mol. The molecule has 4 rings (SSSR count). The minimum absolute atomic E-state index is 0.0498. The van der Waals surface area contributed by atoms with Crippen molar-refractivity contribution in [1.29, 1.82) is 0 Å². The van der Waals surface area contributed by atoms with Gasteiger partial charge < -0.3 is 8.83 Å². The van der Waals surface area contributed by atoms with Crippen molar-refractivity contribution in [2.75, 3.05) is 0 Å². The largest absolute Gasteiger partial charge is 0.464 e. The molecule has 26 heavy (non-hydrogen) atoms. The highest BCUT2D eigenvalue weighted by molar-refractivity contribution is 5.82. The van der Waals surface area contributed by atoms with E-state index < -0.39 is 0 Å². The van der Waals surface area contributed by atoms with Crippen molar-refractivity contribution in [2.45, 2.75) is 51.4 Å². The zero-order chi connectivity index (χ0) is 18.4. The summed E-state index contributed by atoms with van der Waals surface area (Å²) in [5.74, 6) is 0. The standard InChI is InChI=1S/C24H26O2/c1-23(2,19-9-7-11-21-18(19)12-15-25-21)13-14-24(3,4)20-16-26-22-10-6-5-8-17(20)22/h5-12,15-16H,13-14H2,1-4H3. The molecule has 0 aliphatic heterocycles. The zero-order valence-electron chi connectivity index (χ0n) is 16.0. The Kier molecular flexibility index (Phi) is 3.95. The average molecular weight is 346 g/mol. The number of hydrogen-bond donors (Lipinski definition) is 0. The summed E-state index contributed by atoms with van der Waals surface area (Å²) in [6, 6.07) is 16.8. The van der Waals surface area contributed by atoms with E-state index in [9.17, 15) is 0 Å². The van der Waals surface area contributed by atoms with Crippen LogP contribution >= 0.6 is 0 Å². The van der Waals surface area contributed by atoms with E-state index in [4.69, 9.17) is 8.83 Å². The van der Waals surface area contributed by atoms with E-state index in [2.05, 4.69) is 58.0 Å². The normalized spacial score (nSPS) is 12.9. The minimum Gasteiger partial charge on any atom is -0.464 e. The number of fused-ring (bicyclic) bond motifs is 2. The maximum absolute atomic E-state index is 5.79. The third-order valence-electron chi connectivity index (χ3n) is 5.81. The zero-order valence-corrected chi connectivity index (χ0v) is 16.0. The molecule has 4 aromatic rings. The first-order valence-corrected chi connectivity index (χ1v) is 9.32. The summed E-state index contributed by atoms with van der Waals surface area (Å²) in [6.45, 7) is 9.30. The lowest BCUT2D eigenvalue weighted by atomic mass is 9.72. The Morgan fingerprint density at radius 2 is 1.27 bits per heavy atom. The molecule has 2 aromatic carbocycles. The maximum atomic E-state index is 5.79. The molecule has 2 nitrogen and oxygen atoms in total. The topological polar surface area (TPSA) is 26.3 Å². The summed E-state index contributed by atoms with van der Waals surface area (Å²) in [5.41, 5.74) is 4.71. The Bertz CT molecular complexity index is 1050. The van der Waals surface area contributed by atoms with Gasteiger partial charge in [-0.1, -0.05) is 58.0 Å². The Balaban J connectivity index is 1.62. The van der Waals surface area contributed by atoms with Crippen LogP contribution in [0.4, 0.5) is 0 Å². The molecule has 0 bridgehead atoms. The van der Waals surface area contributed by atoms with Crippen LogP contribution in [0.25, 0.3) is 21.9 Å². The van der Waals surface area contributed by atoms with Crippen LogP contribution in [0.15, 0.2) is 69.9 Å². The van der Waals surface area contributed by atoms with Crippen LogP contribution in [0.3, 0.4) is 0 Å². The SMILES string of the molecule is CC(C)(CCC(C)(C)c1coc2ccccc12)c1cccc2occc12. The molecule has 0 atom stereocenters. The molecule has 0 unspecified atom stereocenters. The van der Waals surface area contributed by atoms with Gasteiger partial charge in [0.1, 0.15) is 11.2 Å². The molecule has 0 fully saturated rings. The predicted molar refractivity (Wildman–Crippen MR) is 108 cm³/mol. The molecule has 0 N–H and O–H groups in total. The molecule has 0 aliphatic carbocycles. The molecule has 0 saturated heterocycles. The van der Waals surface area contributed by atoms with E-state index in [-0.39, 0.29) is 10.8 Å². The number of rotatable bonds is 5. The fourth-order valence-electron chi connectivity index (χ4n) is 3.98. The van der Waals surface area contributed by atoms with Crippen molar-refractivity contribution in [1.82, 2.24) is 0 Å². The summed E-state index contributed by atoms with van der Waals surface area (Å²) >= 11 is 0. The molecule has 0 spiro atoms. The van der Waals surface area contributed by atoms with E-state index in [0.717, 1.165) is 24.0 Å². The molecular formula is C24H26O2. The highest BCUT2D eigenvalue weighted by Crippen LogP contribution is 2.40. The number of hydrogen-bond acceptors (Lipinski definition) is 2. The van der Waals surface area contributed by atoms with Crippen LogP contribution in [0.1, 0.15) is 51.7 Å². The van der Waals surface area contributed by atoms with Gasteiger partial charge in [0.05, 0.1) is 12.5 Å². The summed E-state index contributed by atoms with van der Waals surface area (Å²) in [5, 5.41) is 2.45. The van der Waals surface area contributed by atoms with Gasteiger partial charge in [-0.15, -0.1) is 0 Å². The smallest absolute Gasteiger partial charge is 0.134 e. The Hall–Kier alpha value is -2.48. The van der Waals surface area contributed by atoms with Crippen molar-refractivity contribution in [2.24, 2.45) is 0 Å². The highest BCUT2D eigenvalue weighted by Gasteiger charge is 2.30. The first-order valence-electron chi connectivity index (χ1n) is 9.32. The highest BCUT2D eigenvalue weighted by atomic mass is 16.3. The van der Waals surface area contributed by atoms with Gasteiger partial charge in [-0.05, 0) is 47.4 Å². The van der Waals surface area contributed by atoms with Gasteiger partial charge in [-0.3, -0.25) is 0 Å². The second kappa shape index (κ2) is 6.05. The number of benzene rings is 2. The van der Waals surface area contributed by atoms with Gasteiger partial charge in [0.2, 0.25) is 0 Å². The number of para-hydroxylation sites is 1. The molecule has 2 heteroatoms. The average Bonchev–Trinajstić information content (AvgIpc) is 3.26. The van der Waals surface area contributed by atoms with Gasteiger partial charge in [0, 0.05) is 16.3 Å². The van der Waals surface area contributed by atoms with Gasteiger partial charge >= 0.3 is 0 Å². The van der Waals surface area contributed by atoms with E-state index in [0.29, 0.717) is 0 Å². The molecule has 2 aromatic heterocycles. The van der Waals surface area contributed by atoms with Crippen molar-refractivity contribution >= 4 is 21.9 Å². The molecule has 2 heterocycles. The minimum atomic E-state index is 0.0498. The second-order valence-electron chi connectivity index (χ2n) is 8.55. The van der Waals surface area contributed by atoms with Gasteiger partial charge in [-0.2, -0.15) is 0 Å². The lowest BCUT2D eigenvalue weighted by molar-refractivity contribution is 0.375. The van der Waals surface area contributed by atoms with Crippen LogP contribution < -0.4 is 0 Å². The molecule has 0 amide bonds. The Labute approximate surface area is 154 Å². The first kappa shape index (κ1) is 17.0. The molecule has 0 aliphatic rings. The molecular weight excluding hydrogens is 320 g/mol. The van der Waals surface area contributed by atoms with Crippen molar-refractivity contribution in [3.63, 3.8) is 0 Å². The first-order chi connectivity index (χ1) is 12.4. The third kappa shape index (κ3) is 2.84. The van der Waals surface area contributed by atoms with Crippen LogP contribution in [0, 0.1) is 0 Å². The third-order valence-corrected chi connectivity index (χ3v) is 5.81.